The number of hydrogen-bond donors (Lipinski definition) is 0. The van der Waals surface area contributed by atoms with Crippen molar-refractivity contribution in [3.8, 4) is 10.6 Å². The van der Waals surface area contributed by atoms with Crippen molar-refractivity contribution >= 4 is 22.4 Å². The molecule has 0 aliphatic rings. The maximum atomic E-state index is 11.6. The molecule has 0 atom stereocenters. The number of likely N-dealkylation sites (N-methyl/N-ethyl adjacent to an activating group) is 1. The molecule has 6 nitrogen and oxygen atoms in total. The van der Waals surface area contributed by atoms with Crippen molar-refractivity contribution in [1.29, 1.82) is 0 Å². The van der Waals surface area contributed by atoms with Gasteiger partial charge < -0.3 is 4.74 Å². The number of methoxy groups -OCH3 is 1. The molecule has 0 spiro atoms. The van der Waals surface area contributed by atoms with Gasteiger partial charge in [0, 0.05) is 32.1 Å². The second-order valence-electron chi connectivity index (χ2n) is 3.52. The number of hydrogen-bond acceptors (Lipinski definition) is 6. The van der Waals surface area contributed by atoms with Crippen molar-refractivity contribution in [2.24, 2.45) is 0 Å². The normalized spacial score (nSPS) is 10.3. The molecule has 0 N–H and O–H groups in total. The Labute approximate surface area is 108 Å². The molecule has 0 bridgehead atoms. The van der Waals surface area contributed by atoms with Crippen LogP contribution in [0, 0.1) is 0 Å². The molecule has 0 fully saturated rings. The van der Waals surface area contributed by atoms with Gasteiger partial charge in [-0.3, -0.25) is 14.7 Å². The summed E-state index contributed by atoms with van der Waals surface area (Å²) in [7, 11) is 3.13. The summed E-state index contributed by atoms with van der Waals surface area (Å²) in [6.45, 7) is 0.0261. The Bertz CT molecular complexity index is 529. The summed E-state index contributed by atoms with van der Waals surface area (Å²) in [4.78, 5) is 17.1. The number of anilines is 1. The van der Waals surface area contributed by atoms with Crippen molar-refractivity contribution in [2.75, 3.05) is 25.7 Å². The molecule has 2 heterocycles. The molecule has 2 aromatic heterocycles. The lowest BCUT2D eigenvalue weighted by Gasteiger charge is -2.11. The zero-order valence-corrected chi connectivity index (χ0v) is 10.8. The molecule has 0 saturated carbocycles. The van der Waals surface area contributed by atoms with E-state index in [9.17, 15) is 4.79 Å². The van der Waals surface area contributed by atoms with E-state index < -0.39 is 0 Å². The molecule has 0 aromatic carbocycles. The largest absolute Gasteiger partial charge is 0.375 e. The van der Waals surface area contributed by atoms with Crippen LogP contribution in [0.1, 0.15) is 0 Å². The van der Waals surface area contributed by atoms with Crippen LogP contribution in [-0.4, -0.2) is 41.9 Å². The number of pyridine rings is 1. The van der Waals surface area contributed by atoms with Gasteiger partial charge in [0.1, 0.15) is 6.61 Å². The third-order valence-electron chi connectivity index (χ3n) is 2.25. The van der Waals surface area contributed by atoms with E-state index in [0.29, 0.717) is 5.13 Å². The first kappa shape index (κ1) is 12.6. The minimum atomic E-state index is -0.161. The van der Waals surface area contributed by atoms with Gasteiger partial charge in [-0.05, 0) is 12.1 Å². The van der Waals surface area contributed by atoms with Crippen molar-refractivity contribution in [3.63, 3.8) is 0 Å². The van der Waals surface area contributed by atoms with Gasteiger partial charge in [0.15, 0.2) is 5.01 Å². The quantitative estimate of drug-likeness (QED) is 0.830. The molecule has 1 amide bonds. The van der Waals surface area contributed by atoms with Crippen LogP contribution in [0.25, 0.3) is 10.6 Å². The minimum absolute atomic E-state index is 0.0261. The summed E-state index contributed by atoms with van der Waals surface area (Å²) in [5, 5.41) is 9.30. The first-order valence-corrected chi connectivity index (χ1v) is 6.03. The standard InChI is InChI=1S/C11H12N4O2S/c1-15(9(16)7-17-2)11-14-13-10(18-11)8-4-3-5-12-6-8/h3-6H,7H2,1-2H3. The topological polar surface area (TPSA) is 68.2 Å². The van der Waals surface area contributed by atoms with Crippen molar-refractivity contribution in [1.82, 2.24) is 15.2 Å². The van der Waals surface area contributed by atoms with E-state index in [1.54, 1.807) is 19.4 Å². The summed E-state index contributed by atoms with van der Waals surface area (Å²) in [5.41, 5.74) is 0.883. The second kappa shape index (κ2) is 5.65. The lowest BCUT2D eigenvalue weighted by molar-refractivity contribution is -0.121. The Morgan fingerprint density at radius 1 is 1.50 bits per heavy atom. The van der Waals surface area contributed by atoms with Crippen molar-refractivity contribution in [2.45, 2.75) is 0 Å². The molecule has 2 aromatic rings. The molecule has 0 aliphatic heterocycles. The molecule has 18 heavy (non-hydrogen) atoms. The minimum Gasteiger partial charge on any atom is -0.375 e. The predicted octanol–water partition coefficient (Wildman–Crippen LogP) is 1.21. The number of rotatable bonds is 4. The zero-order chi connectivity index (χ0) is 13.0. The highest BCUT2D eigenvalue weighted by molar-refractivity contribution is 7.18. The SMILES string of the molecule is COCC(=O)N(C)c1nnc(-c2cccnc2)s1. The highest BCUT2D eigenvalue weighted by atomic mass is 32.1. The van der Waals surface area contributed by atoms with Crippen LogP contribution in [0.3, 0.4) is 0 Å². The first-order chi connectivity index (χ1) is 8.72. The van der Waals surface area contributed by atoms with Crippen molar-refractivity contribution in [3.05, 3.63) is 24.5 Å². The van der Waals surface area contributed by atoms with Gasteiger partial charge in [0.05, 0.1) is 0 Å². The fourth-order valence-corrected chi connectivity index (χ4v) is 2.10. The smallest absolute Gasteiger partial charge is 0.254 e. The Morgan fingerprint density at radius 3 is 3.00 bits per heavy atom. The van der Waals surface area contributed by atoms with E-state index in [1.165, 1.54) is 23.3 Å². The Hall–Kier alpha value is -1.86. The second-order valence-corrected chi connectivity index (χ2v) is 4.47. The third kappa shape index (κ3) is 2.69. The van der Waals surface area contributed by atoms with Crippen LogP contribution in [0.5, 0.6) is 0 Å². The van der Waals surface area contributed by atoms with Gasteiger partial charge in [-0.25, -0.2) is 0 Å². The maximum Gasteiger partial charge on any atom is 0.254 e. The van der Waals surface area contributed by atoms with E-state index in [1.807, 2.05) is 12.1 Å². The summed E-state index contributed by atoms with van der Waals surface area (Å²) in [6, 6.07) is 3.73. The molecular weight excluding hydrogens is 252 g/mol. The molecule has 0 aliphatic carbocycles. The number of carbonyl (C=O) groups excluding carboxylic acids is 1. The van der Waals surface area contributed by atoms with E-state index in [0.717, 1.165) is 10.6 Å². The van der Waals surface area contributed by atoms with Gasteiger partial charge in [0.25, 0.3) is 5.91 Å². The highest BCUT2D eigenvalue weighted by Crippen LogP contribution is 2.27. The van der Waals surface area contributed by atoms with E-state index in [-0.39, 0.29) is 12.5 Å². The van der Waals surface area contributed by atoms with Gasteiger partial charge in [-0.1, -0.05) is 11.3 Å². The van der Waals surface area contributed by atoms with Crippen LogP contribution >= 0.6 is 11.3 Å². The zero-order valence-electron chi connectivity index (χ0n) is 10.0. The summed E-state index contributed by atoms with van der Waals surface area (Å²) in [5.74, 6) is -0.161. The summed E-state index contributed by atoms with van der Waals surface area (Å²) < 4.78 is 4.79. The van der Waals surface area contributed by atoms with Crippen LogP contribution in [0.4, 0.5) is 5.13 Å². The van der Waals surface area contributed by atoms with Crippen LogP contribution in [0.15, 0.2) is 24.5 Å². The first-order valence-electron chi connectivity index (χ1n) is 5.21. The lowest BCUT2D eigenvalue weighted by atomic mass is 10.3. The molecule has 7 heteroatoms. The molecule has 0 unspecified atom stereocenters. The molecule has 2 rings (SSSR count). The van der Waals surface area contributed by atoms with E-state index >= 15 is 0 Å². The monoisotopic (exact) mass is 264 g/mol. The van der Waals surface area contributed by atoms with Gasteiger partial charge in [-0.15, -0.1) is 10.2 Å². The van der Waals surface area contributed by atoms with Gasteiger partial charge in [-0.2, -0.15) is 0 Å². The van der Waals surface area contributed by atoms with Crippen LogP contribution < -0.4 is 4.90 Å². The van der Waals surface area contributed by atoms with Gasteiger partial charge in [0.2, 0.25) is 5.13 Å². The highest BCUT2D eigenvalue weighted by Gasteiger charge is 2.15. The number of ether oxygens (including phenoxy) is 1. The van der Waals surface area contributed by atoms with Crippen LogP contribution in [0.2, 0.25) is 0 Å². The molecular formula is C11H12N4O2S. The lowest BCUT2D eigenvalue weighted by Crippen LogP contribution is -2.29. The maximum absolute atomic E-state index is 11.6. The predicted molar refractivity (Wildman–Crippen MR) is 68.4 cm³/mol. The number of aromatic nitrogens is 3. The fraction of sp³-hybridized carbons (Fsp3) is 0.273. The molecule has 94 valence electrons. The average Bonchev–Trinajstić information content (AvgIpc) is 2.89. The number of carbonyl (C=O) groups is 1. The number of nitrogens with zero attached hydrogens (tertiary/aromatic N) is 4. The number of amides is 1. The molecule has 0 radical (unpaired) electrons. The van der Waals surface area contributed by atoms with E-state index in [2.05, 4.69) is 15.2 Å². The Balaban J connectivity index is 2.18. The van der Waals surface area contributed by atoms with Gasteiger partial charge >= 0.3 is 0 Å². The Kier molecular flexibility index (Phi) is 3.96. The average molecular weight is 264 g/mol. The fourth-order valence-electron chi connectivity index (χ4n) is 1.28. The molecule has 0 saturated heterocycles. The summed E-state index contributed by atoms with van der Waals surface area (Å²) >= 11 is 1.34. The van der Waals surface area contributed by atoms with Crippen molar-refractivity contribution < 1.29 is 9.53 Å². The van der Waals surface area contributed by atoms with E-state index in [4.69, 9.17) is 4.74 Å². The third-order valence-corrected chi connectivity index (χ3v) is 3.30. The van der Waals surface area contributed by atoms with Crippen LogP contribution in [-0.2, 0) is 9.53 Å². The Morgan fingerprint density at radius 2 is 2.33 bits per heavy atom. The summed E-state index contributed by atoms with van der Waals surface area (Å²) in [6.07, 6.45) is 3.40.